The predicted molar refractivity (Wildman–Crippen MR) is 132 cm³/mol. The van der Waals surface area contributed by atoms with Crippen LogP contribution in [0.5, 0.6) is 17.2 Å². The Morgan fingerprint density at radius 2 is 1.69 bits per heavy atom. The van der Waals surface area contributed by atoms with Gasteiger partial charge in [-0.1, -0.05) is 36.4 Å². The van der Waals surface area contributed by atoms with Crippen molar-refractivity contribution in [2.24, 2.45) is 0 Å². The lowest BCUT2D eigenvalue weighted by Crippen LogP contribution is -2.28. The van der Waals surface area contributed by atoms with Gasteiger partial charge in [0.05, 0.1) is 19.6 Å². The van der Waals surface area contributed by atoms with Crippen LogP contribution < -0.4 is 19.6 Å². The van der Waals surface area contributed by atoms with E-state index in [0.29, 0.717) is 28.0 Å². The van der Waals surface area contributed by atoms with Crippen LogP contribution in [0.15, 0.2) is 75.9 Å². The van der Waals surface area contributed by atoms with Crippen LogP contribution in [0.25, 0.3) is 22.3 Å². The Bertz CT molecular complexity index is 1410. The smallest absolute Gasteiger partial charge is 0.347 e. The Hall–Kier alpha value is -4.26. The van der Waals surface area contributed by atoms with Gasteiger partial charge in [0, 0.05) is 5.56 Å². The molecule has 180 valence electrons. The molecule has 0 saturated heterocycles. The zero-order chi connectivity index (χ0) is 24.9. The summed E-state index contributed by atoms with van der Waals surface area (Å²) in [7, 11) is 3.05. The first-order valence-electron chi connectivity index (χ1n) is 11.1. The van der Waals surface area contributed by atoms with Crippen LogP contribution in [-0.4, -0.2) is 26.3 Å². The van der Waals surface area contributed by atoms with E-state index in [-0.39, 0.29) is 18.1 Å². The highest BCUT2D eigenvalue weighted by molar-refractivity contribution is 5.83. The van der Waals surface area contributed by atoms with E-state index in [0.717, 1.165) is 11.1 Å². The summed E-state index contributed by atoms with van der Waals surface area (Å²) in [6.07, 6.45) is -1.05. The summed E-state index contributed by atoms with van der Waals surface area (Å²) in [6, 6.07) is 19.7. The number of carbonyl (C=O) groups excluding carboxylic acids is 1. The standard InChI is InChI=1S/C28H26O7/c1-17-10-12-21-23(14-17)35-26(20-11-13-22(31-3)24(15-20)32-4)27(25(21)29)34-18(2)28(30)33-16-19-8-6-5-7-9-19/h5-15,18H,16H2,1-4H3. The number of rotatable bonds is 8. The molecule has 1 aromatic heterocycles. The molecule has 0 aliphatic rings. The van der Waals surface area contributed by atoms with Gasteiger partial charge in [0.25, 0.3) is 0 Å². The lowest BCUT2D eigenvalue weighted by molar-refractivity contribution is -0.152. The SMILES string of the molecule is COc1ccc(-c2oc3cc(C)ccc3c(=O)c2OC(C)C(=O)OCc2ccccc2)cc1OC. The van der Waals surface area contributed by atoms with Gasteiger partial charge in [-0.3, -0.25) is 4.79 Å². The Labute approximate surface area is 202 Å². The summed E-state index contributed by atoms with van der Waals surface area (Å²) >= 11 is 0. The van der Waals surface area contributed by atoms with E-state index >= 15 is 0 Å². The van der Waals surface area contributed by atoms with E-state index in [9.17, 15) is 9.59 Å². The maximum atomic E-state index is 13.5. The molecular weight excluding hydrogens is 448 g/mol. The Morgan fingerprint density at radius 1 is 0.943 bits per heavy atom. The van der Waals surface area contributed by atoms with Crippen molar-refractivity contribution < 1.29 is 28.2 Å². The molecule has 7 heteroatoms. The molecule has 0 fully saturated rings. The molecular formula is C28H26O7. The highest BCUT2D eigenvalue weighted by Crippen LogP contribution is 2.37. The molecule has 1 atom stereocenters. The van der Waals surface area contributed by atoms with Gasteiger partial charge in [-0.2, -0.15) is 0 Å². The van der Waals surface area contributed by atoms with E-state index in [1.807, 2.05) is 43.3 Å². The second-order valence-corrected chi connectivity index (χ2v) is 8.01. The zero-order valence-electron chi connectivity index (χ0n) is 20.0. The van der Waals surface area contributed by atoms with Crippen LogP contribution >= 0.6 is 0 Å². The van der Waals surface area contributed by atoms with Crippen LogP contribution in [0, 0.1) is 6.92 Å². The highest BCUT2D eigenvalue weighted by atomic mass is 16.6. The number of ether oxygens (including phenoxy) is 4. The van der Waals surface area contributed by atoms with Crippen LogP contribution in [0.4, 0.5) is 0 Å². The van der Waals surface area contributed by atoms with Gasteiger partial charge < -0.3 is 23.4 Å². The first kappa shape index (κ1) is 23.9. The maximum absolute atomic E-state index is 13.5. The minimum absolute atomic E-state index is 0.0854. The van der Waals surface area contributed by atoms with E-state index in [1.54, 1.807) is 30.3 Å². The van der Waals surface area contributed by atoms with Crippen molar-refractivity contribution in [3.05, 3.63) is 88.1 Å². The third-order valence-electron chi connectivity index (χ3n) is 5.50. The molecule has 0 aliphatic carbocycles. The maximum Gasteiger partial charge on any atom is 0.347 e. The summed E-state index contributed by atoms with van der Waals surface area (Å²) in [5.74, 6) is 0.471. The minimum atomic E-state index is -1.05. The average Bonchev–Trinajstić information content (AvgIpc) is 2.88. The molecule has 0 radical (unpaired) electrons. The number of hydrogen-bond donors (Lipinski definition) is 0. The fraction of sp³-hybridized carbons (Fsp3) is 0.214. The number of esters is 1. The van der Waals surface area contributed by atoms with Crippen molar-refractivity contribution in [3.8, 4) is 28.6 Å². The molecule has 0 amide bonds. The average molecular weight is 475 g/mol. The van der Waals surface area contributed by atoms with Crippen LogP contribution in [0.2, 0.25) is 0 Å². The molecule has 4 rings (SSSR count). The molecule has 0 spiro atoms. The quantitative estimate of drug-likeness (QED) is 0.321. The van der Waals surface area contributed by atoms with Crippen molar-refractivity contribution in [2.45, 2.75) is 26.6 Å². The molecule has 4 aromatic rings. The largest absolute Gasteiger partial charge is 0.493 e. The third kappa shape index (κ3) is 5.14. The van der Waals surface area contributed by atoms with Gasteiger partial charge in [0.2, 0.25) is 11.2 Å². The first-order valence-corrected chi connectivity index (χ1v) is 11.1. The molecule has 1 unspecified atom stereocenters. The van der Waals surface area contributed by atoms with E-state index in [4.69, 9.17) is 23.4 Å². The fourth-order valence-corrected chi connectivity index (χ4v) is 3.63. The van der Waals surface area contributed by atoms with Gasteiger partial charge in [0.1, 0.15) is 12.2 Å². The molecule has 0 aliphatic heterocycles. The van der Waals surface area contributed by atoms with Gasteiger partial charge in [-0.15, -0.1) is 0 Å². The number of hydrogen-bond acceptors (Lipinski definition) is 7. The zero-order valence-corrected chi connectivity index (χ0v) is 20.0. The number of carbonyl (C=O) groups is 1. The van der Waals surface area contributed by atoms with E-state index in [1.165, 1.54) is 21.1 Å². The van der Waals surface area contributed by atoms with Crippen molar-refractivity contribution in [1.29, 1.82) is 0 Å². The number of fused-ring (bicyclic) bond motifs is 1. The van der Waals surface area contributed by atoms with Crippen molar-refractivity contribution >= 4 is 16.9 Å². The fourth-order valence-electron chi connectivity index (χ4n) is 3.63. The van der Waals surface area contributed by atoms with Crippen molar-refractivity contribution in [1.82, 2.24) is 0 Å². The predicted octanol–water partition coefficient (Wildman–Crippen LogP) is 5.30. The topological polar surface area (TPSA) is 84.2 Å². The summed E-state index contributed by atoms with van der Waals surface area (Å²) < 4.78 is 28.2. The normalized spacial score (nSPS) is 11.7. The van der Waals surface area contributed by atoms with Crippen molar-refractivity contribution in [3.63, 3.8) is 0 Å². The van der Waals surface area contributed by atoms with E-state index < -0.39 is 17.5 Å². The highest BCUT2D eigenvalue weighted by Gasteiger charge is 2.24. The molecule has 7 nitrogen and oxygen atoms in total. The first-order chi connectivity index (χ1) is 16.9. The monoisotopic (exact) mass is 474 g/mol. The van der Waals surface area contributed by atoms with Gasteiger partial charge in [-0.25, -0.2) is 4.79 Å². The molecule has 3 aromatic carbocycles. The Balaban J connectivity index is 1.73. The van der Waals surface area contributed by atoms with Gasteiger partial charge >= 0.3 is 5.97 Å². The molecule has 0 bridgehead atoms. The van der Waals surface area contributed by atoms with Crippen LogP contribution in [0.3, 0.4) is 0 Å². The van der Waals surface area contributed by atoms with Crippen LogP contribution in [-0.2, 0) is 16.1 Å². The van der Waals surface area contributed by atoms with Gasteiger partial charge in [-0.05, 0) is 55.3 Å². The lowest BCUT2D eigenvalue weighted by atomic mass is 10.1. The van der Waals surface area contributed by atoms with Crippen molar-refractivity contribution in [2.75, 3.05) is 14.2 Å². The Kier molecular flexibility index (Phi) is 7.06. The number of benzene rings is 3. The molecule has 1 heterocycles. The van der Waals surface area contributed by atoms with Gasteiger partial charge in [0.15, 0.2) is 23.4 Å². The van der Waals surface area contributed by atoms with E-state index in [2.05, 4.69) is 0 Å². The van der Waals surface area contributed by atoms with Crippen LogP contribution in [0.1, 0.15) is 18.1 Å². The third-order valence-corrected chi connectivity index (χ3v) is 5.50. The summed E-state index contributed by atoms with van der Waals surface area (Å²) in [5, 5.41) is 0.347. The minimum Gasteiger partial charge on any atom is -0.493 e. The Morgan fingerprint density at radius 3 is 2.40 bits per heavy atom. The second-order valence-electron chi connectivity index (χ2n) is 8.01. The summed E-state index contributed by atoms with van der Waals surface area (Å²) in [4.78, 5) is 26.1. The molecule has 35 heavy (non-hydrogen) atoms. The number of methoxy groups -OCH3 is 2. The lowest BCUT2D eigenvalue weighted by Gasteiger charge is -2.17. The summed E-state index contributed by atoms with van der Waals surface area (Å²) in [5.41, 5.74) is 2.33. The summed E-state index contributed by atoms with van der Waals surface area (Å²) in [6.45, 7) is 3.54. The molecule has 0 N–H and O–H groups in total. The molecule has 0 saturated carbocycles. The number of aryl methyl sites for hydroxylation is 1. The second kappa shape index (κ2) is 10.3.